The van der Waals surface area contributed by atoms with Gasteiger partial charge in [0.05, 0.1) is 10.2 Å². The molecule has 1 unspecified atom stereocenters. The molecule has 0 fully saturated rings. The highest BCUT2D eigenvalue weighted by Gasteiger charge is 2.32. The van der Waals surface area contributed by atoms with Crippen molar-refractivity contribution in [1.82, 2.24) is 0 Å². The monoisotopic (exact) mass is 270 g/mol. The second kappa shape index (κ2) is 3.83. The third-order valence-electron chi connectivity index (χ3n) is 2.39. The summed E-state index contributed by atoms with van der Waals surface area (Å²) in [7, 11) is 1.72. The lowest BCUT2D eigenvalue weighted by Crippen LogP contribution is -2.47. The van der Waals surface area contributed by atoms with Crippen LogP contribution in [-0.4, -0.2) is 25.6 Å². The first-order valence-corrected chi connectivity index (χ1v) is 5.37. The summed E-state index contributed by atoms with van der Waals surface area (Å²) in [5.41, 5.74) is 6.24. The van der Waals surface area contributed by atoms with Crippen molar-refractivity contribution in [2.24, 2.45) is 5.73 Å². The summed E-state index contributed by atoms with van der Waals surface area (Å²) in [5, 5.41) is 0. The number of amides is 1. The van der Waals surface area contributed by atoms with Gasteiger partial charge in [-0.2, -0.15) is 0 Å². The highest BCUT2D eigenvalue weighted by atomic mass is 79.9. The predicted molar refractivity (Wildman–Crippen MR) is 61.0 cm³/mol. The molecule has 1 aliphatic rings. The number of nitrogens with two attached hydrogens (primary N) is 1. The Morgan fingerprint density at radius 3 is 3.00 bits per heavy atom. The molecule has 1 aliphatic heterocycles. The zero-order valence-corrected chi connectivity index (χ0v) is 9.82. The summed E-state index contributed by atoms with van der Waals surface area (Å²) in [6.45, 7) is 0.184. The van der Waals surface area contributed by atoms with Gasteiger partial charge < -0.3 is 15.4 Å². The predicted octanol–water partition coefficient (Wildman–Crippen LogP) is 1.13. The highest BCUT2D eigenvalue weighted by molar-refractivity contribution is 9.10. The third kappa shape index (κ3) is 1.61. The van der Waals surface area contributed by atoms with E-state index in [2.05, 4.69) is 15.9 Å². The Labute approximate surface area is 96.1 Å². The quantitative estimate of drug-likeness (QED) is 0.833. The number of ether oxygens (including phenoxy) is 1. The Kier molecular flexibility index (Phi) is 2.67. The number of anilines is 1. The van der Waals surface area contributed by atoms with Gasteiger partial charge in [-0.05, 0) is 28.1 Å². The first-order valence-electron chi connectivity index (χ1n) is 4.58. The van der Waals surface area contributed by atoms with Gasteiger partial charge in [0.15, 0.2) is 11.9 Å². The molecule has 0 saturated heterocycles. The molecule has 1 amide bonds. The van der Waals surface area contributed by atoms with Crippen molar-refractivity contribution in [3.05, 3.63) is 22.7 Å². The van der Waals surface area contributed by atoms with Gasteiger partial charge in [-0.15, -0.1) is 0 Å². The number of carbonyl (C=O) groups excluding carboxylic acids is 1. The van der Waals surface area contributed by atoms with Crippen LogP contribution < -0.4 is 15.4 Å². The van der Waals surface area contributed by atoms with E-state index in [0.29, 0.717) is 5.75 Å². The molecule has 15 heavy (non-hydrogen) atoms. The molecule has 5 heteroatoms. The van der Waals surface area contributed by atoms with Crippen LogP contribution in [0.15, 0.2) is 22.7 Å². The third-order valence-corrected chi connectivity index (χ3v) is 3.01. The number of rotatable bonds is 1. The van der Waals surface area contributed by atoms with Crippen LogP contribution in [0, 0.1) is 0 Å². The average Bonchev–Trinajstić information content (AvgIpc) is 2.24. The van der Waals surface area contributed by atoms with E-state index in [4.69, 9.17) is 10.5 Å². The Hall–Kier alpha value is -1.07. The van der Waals surface area contributed by atoms with E-state index in [1.165, 1.54) is 0 Å². The second-order valence-electron chi connectivity index (χ2n) is 3.33. The van der Waals surface area contributed by atoms with Crippen LogP contribution in [0.25, 0.3) is 0 Å². The molecule has 1 aromatic rings. The van der Waals surface area contributed by atoms with Gasteiger partial charge in [0.1, 0.15) is 0 Å². The molecule has 0 aliphatic carbocycles. The number of para-hydroxylation sites is 1. The van der Waals surface area contributed by atoms with Crippen LogP contribution in [0.4, 0.5) is 5.69 Å². The number of fused-ring (bicyclic) bond motifs is 1. The molecule has 0 bridgehead atoms. The van der Waals surface area contributed by atoms with Gasteiger partial charge in [0.2, 0.25) is 0 Å². The molecule has 0 radical (unpaired) electrons. The van der Waals surface area contributed by atoms with E-state index in [1.807, 2.05) is 18.2 Å². The minimum Gasteiger partial charge on any atom is -0.476 e. The Balaban J connectivity index is 2.50. The summed E-state index contributed by atoms with van der Waals surface area (Å²) in [5.74, 6) is 0.568. The SMILES string of the molecule is CN1C(=O)C(CN)Oc2c(Br)cccc21. The molecular formula is C10H11BrN2O2. The van der Waals surface area contributed by atoms with Crippen LogP contribution in [0.1, 0.15) is 0 Å². The van der Waals surface area contributed by atoms with Crippen molar-refractivity contribution in [1.29, 1.82) is 0 Å². The van der Waals surface area contributed by atoms with Crippen molar-refractivity contribution in [2.75, 3.05) is 18.5 Å². The largest absolute Gasteiger partial charge is 0.476 e. The Morgan fingerprint density at radius 1 is 1.60 bits per heavy atom. The molecule has 0 saturated carbocycles. The summed E-state index contributed by atoms with van der Waals surface area (Å²) >= 11 is 3.38. The molecule has 1 heterocycles. The Bertz CT molecular complexity index is 408. The zero-order valence-electron chi connectivity index (χ0n) is 8.24. The van der Waals surface area contributed by atoms with Crippen LogP contribution in [0.5, 0.6) is 5.75 Å². The van der Waals surface area contributed by atoms with Crippen LogP contribution >= 0.6 is 15.9 Å². The van der Waals surface area contributed by atoms with E-state index in [9.17, 15) is 4.79 Å². The smallest absolute Gasteiger partial charge is 0.269 e. The van der Waals surface area contributed by atoms with Crippen LogP contribution in [-0.2, 0) is 4.79 Å². The van der Waals surface area contributed by atoms with E-state index >= 15 is 0 Å². The van der Waals surface area contributed by atoms with Crippen molar-refractivity contribution in [2.45, 2.75) is 6.10 Å². The minimum atomic E-state index is -0.582. The first-order chi connectivity index (χ1) is 7.15. The highest BCUT2D eigenvalue weighted by Crippen LogP contribution is 2.38. The van der Waals surface area contributed by atoms with Gasteiger partial charge in [0.25, 0.3) is 5.91 Å². The molecular weight excluding hydrogens is 260 g/mol. The maximum absolute atomic E-state index is 11.7. The number of carbonyl (C=O) groups is 1. The molecule has 1 atom stereocenters. The lowest BCUT2D eigenvalue weighted by molar-refractivity contribution is -0.125. The fraction of sp³-hybridized carbons (Fsp3) is 0.300. The van der Waals surface area contributed by atoms with E-state index in [0.717, 1.165) is 10.2 Å². The van der Waals surface area contributed by atoms with Gasteiger partial charge >= 0.3 is 0 Å². The van der Waals surface area contributed by atoms with Gasteiger partial charge in [-0.25, -0.2) is 0 Å². The number of benzene rings is 1. The summed E-state index contributed by atoms with van der Waals surface area (Å²) in [4.78, 5) is 13.3. The summed E-state index contributed by atoms with van der Waals surface area (Å²) < 4.78 is 6.36. The zero-order chi connectivity index (χ0) is 11.0. The fourth-order valence-corrected chi connectivity index (χ4v) is 2.00. The van der Waals surface area contributed by atoms with Crippen molar-refractivity contribution in [3.8, 4) is 5.75 Å². The minimum absolute atomic E-state index is 0.108. The van der Waals surface area contributed by atoms with Crippen LogP contribution in [0.2, 0.25) is 0 Å². The van der Waals surface area contributed by atoms with Gasteiger partial charge in [-0.3, -0.25) is 4.79 Å². The maximum Gasteiger partial charge on any atom is 0.269 e. The number of halogens is 1. The van der Waals surface area contributed by atoms with E-state index in [1.54, 1.807) is 11.9 Å². The maximum atomic E-state index is 11.7. The lowest BCUT2D eigenvalue weighted by atomic mass is 10.2. The number of hydrogen-bond acceptors (Lipinski definition) is 3. The average molecular weight is 271 g/mol. The van der Waals surface area contributed by atoms with E-state index < -0.39 is 6.10 Å². The second-order valence-corrected chi connectivity index (χ2v) is 4.18. The number of nitrogens with zero attached hydrogens (tertiary/aromatic N) is 1. The summed E-state index contributed by atoms with van der Waals surface area (Å²) in [6, 6.07) is 5.57. The first kappa shape index (κ1) is 10.4. The summed E-state index contributed by atoms with van der Waals surface area (Å²) in [6.07, 6.45) is -0.582. The molecule has 2 N–H and O–H groups in total. The normalized spacial score (nSPS) is 19.8. The Morgan fingerprint density at radius 2 is 2.33 bits per heavy atom. The molecule has 0 aromatic heterocycles. The lowest BCUT2D eigenvalue weighted by Gasteiger charge is -2.31. The molecule has 2 rings (SSSR count). The van der Waals surface area contributed by atoms with Gasteiger partial charge in [-0.1, -0.05) is 6.07 Å². The number of hydrogen-bond donors (Lipinski definition) is 1. The van der Waals surface area contributed by atoms with Gasteiger partial charge in [0, 0.05) is 13.6 Å². The molecule has 80 valence electrons. The number of likely N-dealkylation sites (N-methyl/N-ethyl adjacent to an activating group) is 1. The van der Waals surface area contributed by atoms with Crippen molar-refractivity contribution >= 4 is 27.5 Å². The molecule has 0 spiro atoms. The van der Waals surface area contributed by atoms with E-state index in [-0.39, 0.29) is 12.5 Å². The topological polar surface area (TPSA) is 55.6 Å². The van der Waals surface area contributed by atoms with Crippen LogP contribution in [0.3, 0.4) is 0 Å². The molecule has 4 nitrogen and oxygen atoms in total. The standard InChI is InChI=1S/C10H11BrN2O2/c1-13-7-4-2-3-6(11)9(7)15-8(5-12)10(13)14/h2-4,8H,5,12H2,1H3. The van der Waals surface area contributed by atoms with Crippen molar-refractivity contribution < 1.29 is 9.53 Å². The fourth-order valence-electron chi connectivity index (χ4n) is 1.55. The molecule has 1 aromatic carbocycles. The van der Waals surface area contributed by atoms with Crippen molar-refractivity contribution in [3.63, 3.8) is 0 Å².